The van der Waals surface area contributed by atoms with E-state index in [1.165, 1.54) is 10.5 Å². The standard InChI is InChI=1S/C15H20N2O3/c18-14(19)11-17-10-4-7-13(15(17)20)16-9-8-12-5-2-1-3-6-12/h1-3,5-6,13,16H,4,7-11H2,(H,18,19). The summed E-state index contributed by atoms with van der Waals surface area (Å²) in [6, 6.07) is 9.84. The van der Waals surface area contributed by atoms with Gasteiger partial charge in [-0.3, -0.25) is 9.59 Å². The molecule has 0 spiro atoms. The van der Waals surface area contributed by atoms with Crippen LogP contribution in [0.1, 0.15) is 18.4 Å². The maximum atomic E-state index is 12.1. The molecule has 1 aromatic rings. The molecule has 1 atom stereocenters. The lowest BCUT2D eigenvalue weighted by atomic mass is 10.0. The zero-order chi connectivity index (χ0) is 14.4. The SMILES string of the molecule is O=C(O)CN1CCCC(NCCc2ccccc2)C1=O. The van der Waals surface area contributed by atoms with Crippen LogP contribution in [0.15, 0.2) is 30.3 Å². The van der Waals surface area contributed by atoms with Crippen LogP contribution in [0.4, 0.5) is 0 Å². The van der Waals surface area contributed by atoms with E-state index >= 15 is 0 Å². The summed E-state index contributed by atoms with van der Waals surface area (Å²) >= 11 is 0. The molecule has 1 unspecified atom stereocenters. The predicted molar refractivity (Wildman–Crippen MR) is 75.4 cm³/mol. The van der Waals surface area contributed by atoms with Crippen LogP contribution in [0.25, 0.3) is 0 Å². The van der Waals surface area contributed by atoms with Crippen LogP contribution in [-0.4, -0.2) is 47.6 Å². The minimum absolute atomic E-state index is 0.0910. The van der Waals surface area contributed by atoms with Crippen molar-refractivity contribution in [2.75, 3.05) is 19.6 Å². The van der Waals surface area contributed by atoms with Gasteiger partial charge in [0, 0.05) is 6.54 Å². The first-order valence-corrected chi connectivity index (χ1v) is 6.94. The first-order chi connectivity index (χ1) is 9.66. The number of rotatable bonds is 6. The van der Waals surface area contributed by atoms with E-state index < -0.39 is 5.97 Å². The maximum Gasteiger partial charge on any atom is 0.323 e. The number of nitrogens with zero attached hydrogens (tertiary/aromatic N) is 1. The molecule has 1 aliphatic rings. The molecule has 0 bridgehead atoms. The second-order valence-corrected chi connectivity index (χ2v) is 5.04. The topological polar surface area (TPSA) is 69.6 Å². The van der Waals surface area contributed by atoms with Gasteiger partial charge in [-0.2, -0.15) is 0 Å². The zero-order valence-corrected chi connectivity index (χ0v) is 11.4. The third-order valence-electron chi connectivity index (χ3n) is 3.50. The van der Waals surface area contributed by atoms with E-state index in [1.54, 1.807) is 0 Å². The average molecular weight is 276 g/mol. The molecule has 1 aromatic carbocycles. The fraction of sp³-hybridized carbons (Fsp3) is 0.467. The van der Waals surface area contributed by atoms with E-state index in [1.807, 2.05) is 18.2 Å². The minimum atomic E-state index is -0.955. The third kappa shape index (κ3) is 4.06. The van der Waals surface area contributed by atoms with Gasteiger partial charge in [-0.25, -0.2) is 0 Å². The van der Waals surface area contributed by atoms with Crippen molar-refractivity contribution in [1.29, 1.82) is 0 Å². The van der Waals surface area contributed by atoms with Gasteiger partial charge in [-0.05, 0) is 31.4 Å². The quantitative estimate of drug-likeness (QED) is 0.810. The number of hydrogen-bond acceptors (Lipinski definition) is 3. The number of hydrogen-bond donors (Lipinski definition) is 2. The molecule has 2 rings (SSSR count). The Balaban J connectivity index is 1.80. The van der Waals surface area contributed by atoms with Crippen molar-refractivity contribution in [2.45, 2.75) is 25.3 Å². The largest absolute Gasteiger partial charge is 0.480 e. The molecule has 0 saturated carbocycles. The number of piperidine rings is 1. The predicted octanol–water partition coefficient (Wildman–Crippen LogP) is 0.894. The van der Waals surface area contributed by atoms with E-state index in [0.29, 0.717) is 6.54 Å². The van der Waals surface area contributed by atoms with Crippen molar-refractivity contribution in [3.05, 3.63) is 35.9 Å². The van der Waals surface area contributed by atoms with E-state index in [-0.39, 0.29) is 18.5 Å². The van der Waals surface area contributed by atoms with Gasteiger partial charge in [0.15, 0.2) is 0 Å². The highest BCUT2D eigenvalue weighted by Crippen LogP contribution is 2.11. The van der Waals surface area contributed by atoms with Gasteiger partial charge < -0.3 is 15.3 Å². The molecule has 0 aromatic heterocycles. The van der Waals surface area contributed by atoms with Gasteiger partial charge in [0.2, 0.25) is 5.91 Å². The average Bonchev–Trinajstić information content (AvgIpc) is 2.43. The fourth-order valence-corrected chi connectivity index (χ4v) is 2.49. The molecular formula is C15H20N2O3. The fourth-order valence-electron chi connectivity index (χ4n) is 2.49. The molecule has 1 saturated heterocycles. The van der Waals surface area contributed by atoms with Crippen molar-refractivity contribution >= 4 is 11.9 Å². The summed E-state index contributed by atoms with van der Waals surface area (Å²) in [5.41, 5.74) is 1.23. The highest BCUT2D eigenvalue weighted by atomic mass is 16.4. The Morgan fingerprint density at radius 2 is 2.10 bits per heavy atom. The van der Waals surface area contributed by atoms with Crippen LogP contribution in [0.3, 0.4) is 0 Å². The van der Waals surface area contributed by atoms with Crippen LogP contribution in [-0.2, 0) is 16.0 Å². The molecule has 0 radical (unpaired) electrons. The molecule has 1 fully saturated rings. The van der Waals surface area contributed by atoms with Gasteiger partial charge in [0.05, 0.1) is 6.04 Å². The van der Waals surface area contributed by atoms with Crippen molar-refractivity contribution in [2.24, 2.45) is 0 Å². The van der Waals surface area contributed by atoms with Crippen LogP contribution >= 0.6 is 0 Å². The Kier molecular flexibility index (Phi) is 5.12. The van der Waals surface area contributed by atoms with Crippen molar-refractivity contribution in [3.8, 4) is 0 Å². The summed E-state index contributed by atoms with van der Waals surface area (Å²) in [5.74, 6) is -1.05. The molecule has 1 aliphatic heterocycles. The second kappa shape index (κ2) is 7.05. The molecule has 108 valence electrons. The number of aliphatic carboxylic acids is 1. The van der Waals surface area contributed by atoms with Crippen molar-refractivity contribution in [3.63, 3.8) is 0 Å². The number of carbonyl (C=O) groups excluding carboxylic acids is 1. The number of benzene rings is 1. The Morgan fingerprint density at radius 1 is 1.35 bits per heavy atom. The summed E-state index contributed by atoms with van der Waals surface area (Å²) in [4.78, 5) is 24.2. The normalized spacial score (nSPS) is 19.1. The van der Waals surface area contributed by atoms with Crippen molar-refractivity contribution in [1.82, 2.24) is 10.2 Å². The molecule has 5 nitrogen and oxygen atoms in total. The summed E-state index contributed by atoms with van der Waals surface area (Å²) in [5, 5.41) is 12.0. The Hall–Kier alpha value is -1.88. The molecule has 1 heterocycles. The van der Waals surface area contributed by atoms with Gasteiger partial charge in [-0.15, -0.1) is 0 Å². The summed E-state index contributed by atoms with van der Waals surface area (Å²) in [6.07, 6.45) is 2.50. The second-order valence-electron chi connectivity index (χ2n) is 5.04. The van der Waals surface area contributed by atoms with Gasteiger partial charge >= 0.3 is 5.97 Å². The van der Waals surface area contributed by atoms with Crippen LogP contribution in [0, 0.1) is 0 Å². The number of carbonyl (C=O) groups is 2. The number of nitrogens with one attached hydrogen (secondary N) is 1. The first kappa shape index (κ1) is 14.5. The summed E-state index contributed by atoms with van der Waals surface area (Å²) in [7, 11) is 0. The minimum Gasteiger partial charge on any atom is -0.480 e. The maximum absolute atomic E-state index is 12.1. The number of carboxylic acids is 1. The molecule has 2 N–H and O–H groups in total. The number of amides is 1. The van der Waals surface area contributed by atoms with E-state index in [2.05, 4.69) is 17.4 Å². The van der Waals surface area contributed by atoms with Gasteiger partial charge in [-0.1, -0.05) is 30.3 Å². The smallest absolute Gasteiger partial charge is 0.323 e. The molecule has 20 heavy (non-hydrogen) atoms. The monoisotopic (exact) mass is 276 g/mol. The highest BCUT2D eigenvalue weighted by Gasteiger charge is 2.29. The third-order valence-corrected chi connectivity index (χ3v) is 3.50. The number of likely N-dealkylation sites (tertiary alicyclic amines) is 1. The molecule has 5 heteroatoms. The molecular weight excluding hydrogens is 256 g/mol. The lowest BCUT2D eigenvalue weighted by molar-refractivity contribution is -0.146. The summed E-state index contributed by atoms with van der Waals surface area (Å²) < 4.78 is 0. The van der Waals surface area contributed by atoms with E-state index in [9.17, 15) is 9.59 Å². The molecule has 1 amide bonds. The highest BCUT2D eigenvalue weighted by molar-refractivity contribution is 5.86. The van der Waals surface area contributed by atoms with Crippen LogP contribution in [0.2, 0.25) is 0 Å². The first-order valence-electron chi connectivity index (χ1n) is 6.94. The number of carboxylic acid groups (broad SMARTS) is 1. The lowest BCUT2D eigenvalue weighted by Crippen LogP contribution is -2.52. The van der Waals surface area contributed by atoms with Gasteiger partial charge in [0.25, 0.3) is 0 Å². The van der Waals surface area contributed by atoms with Crippen LogP contribution < -0.4 is 5.32 Å². The Bertz CT molecular complexity index is 461. The van der Waals surface area contributed by atoms with Crippen molar-refractivity contribution < 1.29 is 14.7 Å². The van der Waals surface area contributed by atoms with Crippen LogP contribution in [0.5, 0.6) is 0 Å². The molecule has 0 aliphatic carbocycles. The van der Waals surface area contributed by atoms with E-state index in [4.69, 9.17) is 5.11 Å². The Morgan fingerprint density at radius 3 is 2.80 bits per heavy atom. The summed E-state index contributed by atoms with van der Waals surface area (Å²) in [6.45, 7) is 1.07. The van der Waals surface area contributed by atoms with E-state index in [0.717, 1.165) is 25.8 Å². The lowest BCUT2D eigenvalue weighted by Gasteiger charge is -2.31. The Labute approximate surface area is 118 Å². The van der Waals surface area contributed by atoms with Gasteiger partial charge in [0.1, 0.15) is 6.54 Å². The zero-order valence-electron chi connectivity index (χ0n) is 11.4.